The molecule has 3 saturated heterocycles. The Hall–Kier alpha value is -2.53. The van der Waals surface area contributed by atoms with Gasteiger partial charge in [-0.2, -0.15) is 0 Å². The van der Waals surface area contributed by atoms with E-state index < -0.39 is 0 Å². The largest absolute Gasteiger partial charge is 0.331 e. The number of fused-ring (bicyclic) bond motifs is 4. The highest BCUT2D eigenvalue weighted by atomic mass is 19.1. The average molecular weight is 449 g/mol. The fourth-order valence-electron chi connectivity index (χ4n) is 6.05. The van der Waals surface area contributed by atoms with Crippen molar-refractivity contribution in [1.29, 1.82) is 0 Å². The lowest BCUT2D eigenvalue weighted by atomic mass is 9.69. The van der Waals surface area contributed by atoms with Crippen LogP contribution in [0.5, 0.6) is 0 Å². The normalized spacial score (nSPS) is 26.2. The van der Waals surface area contributed by atoms with Crippen LogP contribution in [0.2, 0.25) is 0 Å². The molecule has 6 rings (SSSR count). The summed E-state index contributed by atoms with van der Waals surface area (Å²) in [6.07, 6.45) is 6.34. The molecule has 4 heterocycles. The molecular formula is C28H33FN2O2. The minimum absolute atomic E-state index is 0.0989. The van der Waals surface area contributed by atoms with Crippen molar-refractivity contribution in [2.45, 2.75) is 57.9 Å². The van der Waals surface area contributed by atoms with Crippen LogP contribution in [0.15, 0.2) is 42.5 Å². The van der Waals surface area contributed by atoms with Crippen molar-refractivity contribution in [3.63, 3.8) is 0 Å². The molecule has 1 atom stereocenters. The number of hydrogen-bond donors (Lipinski definition) is 0. The van der Waals surface area contributed by atoms with E-state index in [0.717, 1.165) is 43.6 Å². The summed E-state index contributed by atoms with van der Waals surface area (Å²) >= 11 is 0. The van der Waals surface area contributed by atoms with E-state index in [1.54, 1.807) is 12.1 Å². The summed E-state index contributed by atoms with van der Waals surface area (Å²) in [6, 6.07) is 12.1. The molecule has 0 radical (unpaired) electrons. The van der Waals surface area contributed by atoms with Gasteiger partial charge in [0.2, 0.25) is 5.91 Å². The third-order valence-corrected chi connectivity index (χ3v) is 8.27. The zero-order valence-corrected chi connectivity index (χ0v) is 19.5. The van der Waals surface area contributed by atoms with Gasteiger partial charge >= 0.3 is 0 Å². The molecule has 0 N–H and O–H groups in total. The minimum atomic E-state index is -0.287. The third kappa shape index (κ3) is 4.35. The molecule has 0 spiro atoms. The zero-order valence-electron chi connectivity index (χ0n) is 19.5. The summed E-state index contributed by atoms with van der Waals surface area (Å²) in [6.45, 7) is 6.01. The highest BCUT2D eigenvalue weighted by Gasteiger charge is 2.40. The first kappa shape index (κ1) is 22.3. The van der Waals surface area contributed by atoms with Gasteiger partial charge in [-0.25, -0.2) is 4.39 Å². The lowest BCUT2D eigenvalue weighted by Crippen LogP contribution is -2.48. The van der Waals surface area contributed by atoms with E-state index in [0.29, 0.717) is 30.4 Å². The van der Waals surface area contributed by atoms with Crippen LogP contribution < -0.4 is 0 Å². The number of ketones is 1. The molecular weight excluding hydrogens is 415 g/mol. The first-order valence-electron chi connectivity index (χ1n) is 12.4. The Labute approximate surface area is 195 Å². The monoisotopic (exact) mass is 448 g/mol. The third-order valence-electron chi connectivity index (χ3n) is 8.27. The van der Waals surface area contributed by atoms with E-state index in [2.05, 4.69) is 4.90 Å². The summed E-state index contributed by atoms with van der Waals surface area (Å²) < 4.78 is 13.7. The van der Waals surface area contributed by atoms with Crippen LogP contribution in [0.3, 0.4) is 0 Å². The van der Waals surface area contributed by atoms with Gasteiger partial charge in [0.1, 0.15) is 5.82 Å². The van der Waals surface area contributed by atoms with Crippen molar-refractivity contribution in [3.05, 3.63) is 70.5 Å². The van der Waals surface area contributed by atoms with Crippen LogP contribution in [0, 0.1) is 11.2 Å². The molecule has 0 unspecified atom stereocenters. The van der Waals surface area contributed by atoms with Crippen molar-refractivity contribution in [1.82, 2.24) is 9.80 Å². The molecule has 2 bridgehead atoms. The molecule has 1 amide bonds. The number of Topliss-reactive ketones (excluding diaryl/α,β-unsaturated/α-hetero) is 1. The molecule has 4 aliphatic rings. The van der Waals surface area contributed by atoms with Crippen LogP contribution in [0.25, 0.3) is 0 Å². The van der Waals surface area contributed by atoms with Crippen LogP contribution in [-0.2, 0) is 11.2 Å². The van der Waals surface area contributed by atoms with Crippen LogP contribution in [0.1, 0.15) is 78.5 Å². The number of rotatable bonds is 6. The van der Waals surface area contributed by atoms with Gasteiger partial charge in [-0.3, -0.25) is 9.59 Å². The molecule has 3 fully saturated rings. The Morgan fingerprint density at radius 2 is 1.70 bits per heavy atom. The van der Waals surface area contributed by atoms with Gasteiger partial charge in [0.05, 0.1) is 6.04 Å². The molecule has 0 saturated carbocycles. The zero-order chi connectivity index (χ0) is 23.0. The second kappa shape index (κ2) is 9.02. The molecule has 4 nitrogen and oxygen atoms in total. The first-order valence-corrected chi connectivity index (χ1v) is 12.4. The quantitative estimate of drug-likeness (QED) is 0.573. The molecule has 0 aromatic heterocycles. The maximum Gasteiger partial charge on any atom is 0.223 e. The van der Waals surface area contributed by atoms with Crippen molar-refractivity contribution in [3.8, 4) is 0 Å². The summed E-state index contributed by atoms with van der Waals surface area (Å²) in [5.74, 6) is -0.0169. The van der Waals surface area contributed by atoms with Crippen molar-refractivity contribution < 1.29 is 14.0 Å². The number of halogens is 1. The standard InChI is InChI=1S/C28H33FN2O2/c1-2-25(32)22-4-3-20-10-15-31(27(24(20)19-22)21-5-7-23(29)8-6-21)26(33)9-11-28-12-16-30(17-13-28)18-14-28/h3-8,19,27H,2,9-18H2,1H3/t27-/m0/s1. The lowest BCUT2D eigenvalue weighted by molar-refractivity contribution is -0.134. The van der Waals surface area contributed by atoms with E-state index in [4.69, 9.17) is 0 Å². The first-order chi connectivity index (χ1) is 16.0. The fourth-order valence-corrected chi connectivity index (χ4v) is 6.05. The maximum atomic E-state index is 13.7. The Morgan fingerprint density at radius 3 is 2.36 bits per heavy atom. The van der Waals surface area contributed by atoms with Gasteiger partial charge in [-0.05, 0) is 92.0 Å². The Balaban J connectivity index is 1.44. The smallest absolute Gasteiger partial charge is 0.223 e. The number of amides is 1. The van der Waals surface area contributed by atoms with E-state index >= 15 is 0 Å². The number of piperidine rings is 3. The molecule has 4 aliphatic heterocycles. The molecule has 0 aliphatic carbocycles. The van der Waals surface area contributed by atoms with Gasteiger partial charge in [-0.1, -0.05) is 31.2 Å². The van der Waals surface area contributed by atoms with Crippen molar-refractivity contribution in [2.75, 3.05) is 26.2 Å². The van der Waals surface area contributed by atoms with E-state index in [1.165, 1.54) is 37.0 Å². The highest BCUT2D eigenvalue weighted by Crippen LogP contribution is 2.44. The average Bonchev–Trinajstić information content (AvgIpc) is 2.87. The highest BCUT2D eigenvalue weighted by molar-refractivity contribution is 5.96. The predicted octanol–water partition coefficient (Wildman–Crippen LogP) is 5.16. The van der Waals surface area contributed by atoms with Gasteiger partial charge in [0, 0.05) is 24.9 Å². The Kier molecular flexibility index (Phi) is 6.09. The molecule has 174 valence electrons. The van der Waals surface area contributed by atoms with E-state index in [-0.39, 0.29) is 23.5 Å². The molecule has 2 aromatic carbocycles. The second-order valence-electron chi connectivity index (χ2n) is 10.1. The summed E-state index contributed by atoms with van der Waals surface area (Å²) in [7, 11) is 0. The second-order valence-corrected chi connectivity index (χ2v) is 10.1. The maximum absolute atomic E-state index is 13.7. The van der Waals surface area contributed by atoms with E-state index in [1.807, 2.05) is 30.0 Å². The predicted molar refractivity (Wildman–Crippen MR) is 127 cm³/mol. The minimum Gasteiger partial charge on any atom is -0.331 e. The van der Waals surface area contributed by atoms with Gasteiger partial charge < -0.3 is 9.80 Å². The van der Waals surface area contributed by atoms with Gasteiger partial charge in [0.25, 0.3) is 0 Å². The Bertz CT molecular complexity index is 1030. The van der Waals surface area contributed by atoms with Crippen LogP contribution in [0.4, 0.5) is 4.39 Å². The SMILES string of the molecule is CCC(=O)c1ccc2c(c1)[C@H](c1ccc(F)cc1)N(C(=O)CCC13CCN(CC1)CC3)CC2. The lowest BCUT2D eigenvalue weighted by Gasteiger charge is -2.49. The summed E-state index contributed by atoms with van der Waals surface area (Å²) in [5.41, 5.74) is 4.08. The number of carbonyl (C=O) groups is 2. The number of hydrogen-bond acceptors (Lipinski definition) is 3. The van der Waals surface area contributed by atoms with Crippen molar-refractivity contribution in [2.24, 2.45) is 5.41 Å². The molecule has 2 aromatic rings. The topological polar surface area (TPSA) is 40.6 Å². The van der Waals surface area contributed by atoms with Crippen LogP contribution >= 0.6 is 0 Å². The molecule has 33 heavy (non-hydrogen) atoms. The number of nitrogens with zero attached hydrogens (tertiary/aromatic N) is 2. The van der Waals surface area contributed by atoms with Gasteiger partial charge in [-0.15, -0.1) is 0 Å². The van der Waals surface area contributed by atoms with Gasteiger partial charge in [0.15, 0.2) is 5.78 Å². The van der Waals surface area contributed by atoms with Crippen LogP contribution in [-0.4, -0.2) is 47.7 Å². The summed E-state index contributed by atoms with van der Waals surface area (Å²) in [5, 5.41) is 0. The van der Waals surface area contributed by atoms with E-state index in [9.17, 15) is 14.0 Å². The molecule has 5 heteroatoms. The Morgan fingerprint density at radius 1 is 1.00 bits per heavy atom. The summed E-state index contributed by atoms with van der Waals surface area (Å²) in [4.78, 5) is 30.5. The number of carbonyl (C=O) groups excluding carboxylic acids is 2. The number of benzene rings is 2. The van der Waals surface area contributed by atoms with Crippen molar-refractivity contribution >= 4 is 11.7 Å². The fraction of sp³-hybridized carbons (Fsp3) is 0.500.